The number of piperidine rings is 1. The number of carboxylic acids is 1. The Morgan fingerprint density at radius 1 is 1.15 bits per heavy atom. The molecule has 3 aliphatic rings. The van der Waals surface area contributed by atoms with Gasteiger partial charge < -0.3 is 19.6 Å². The van der Waals surface area contributed by atoms with Gasteiger partial charge in [-0.2, -0.15) is 13.2 Å². The number of ether oxygens (including phenoxy) is 1. The molecule has 0 bridgehead atoms. The van der Waals surface area contributed by atoms with Crippen molar-refractivity contribution in [1.82, 2.24) is 9.80 Å². The Morgan fingerprint density at radius 3 is 2.27 bits per heavy atom. The number of amides is 1. The van der Waals surface area contributed by atoms with Crippen LogP contribution in [0.4, 0.5) is 13.2 Å². The van der Waals surface area contributed by atoms with Gasteiger partial charge in [0.1, 0.15) is 0 Å². The fraction of sp³-hybridized carbons (Fsp3) is 0.667. The Kier molecular flexibility index (Phi) is 8.05. The van der Waals surface area contributed by atoms with Crippen molar-refractivity contribution in [1.29, 1.82) is 0 Å². The van der Waals surface area contributed by atoms with Crippen molar-refractivity contribution in [3.8, 4) is 0 Å². The summed E-state index contributed by atoms with van der Waals surface area (Å²) in [5, 5.41) is 7.12. The zero-order valence-corrected chi connectivity index (χ0v) is 19.2. The first-order valence-electron chi connectivity index (χ1n) is 11.4. The molecule has 0 radical (unpaired) electrons. The van der Waals surface area contributed by atoms with Gasteiger partial charge in [-0.05, 0) is 67.7 Å². The van der Waals surface area contributed by atoms with Crippen LogP contribution in [0.3, 0.4) is 0 Å². The minimum absolute atomic E-state index is 0.251. The third-order valence-corrected chi connectivity index (χ3v) is 7.23. The van der Waals surface area contributed by atoms with Gasteiger partial charge in [-0.25, -0.2) is 4.79 Å². The molecule has 1 N–H and O–H groups in total. The molecule has 1 unspecified atom stereocenters. The van der Waals surface area contributed by atoms with Crippen molar-refractivity contribution in [2.45, 2.75) is 62.1 Å². The summed E-state index contributed by atoms with van der Waals surface area (Å²) < 4.78 is 37.3. The molecule has 1 amide bonds. The van der Waals surface area contributed by atoms with Gasteiger partial charge in [0.05, 0.1) is 0 Å². The third-order valence-electron chi connectivity index (χ3n) is 7.23. The van der Waals surface area contributed by atoms with Crippen LogP contribution in [-0.2, 0) is 19.7 Å². The number of carbonyl (C=O) groups excluding carboxylic acids is 1. The summed E-state index contributed by atoms with van der Waals surface area (Å²) in [6, 6.07) is 9.63. The van der Waals surface area contributed by atoms with Crippen LogP contribution in [-0.4, -0.2) is 79.4 Å². The molecule has 184 valence electrons. The largest absolute Gasteiger partial charge is 0.490 e. The van der Waals surface area contributed by atoms with Crippen molar-refractivity contribution < 1.29 is 32.6 Å². The number of hydrogen-bond donors (Lipinski definition) is 1. The molecule has 1 aromatic rings. The number of rotatable bonds is 3. The van der Waals surface area contributed by atoms with Crippen molar-refractivity contribution in [3.05, 3.63) is 35.4 Å². The van der Waals surface area contributed by atoms with Crippen LogP contribution in [0.1, 0.15) is 55.6 Å². The molecular formula is C24H33F3N2O4. The first-order chi connectivity index (χ1) is 15.5. The number of likely N-dealkylation sites (tertiary alicyclic amines) is 1. The molecule has 1 aromatic carbocycles. The highest BCUT2D eigenvalue weighted by atomic mass is 19.4. The maximum atomic E-state index is 12.3. The number of benzene rings is 1. The Morgan fingerprint density at radius 2 is 1.73 bits per heavy atom. The van der Waals surface area contributed by atoms with Gasteiger partial charge >= 0.3 is 12.1 Å². The van der Waals surface area contributed by atoms with Crippen molar-refractivity contribution in [2.24, 2.45) is 0 Å². The molecule has 0 saturated carbocycles. The lowest BCUT2D eigenvalue weighted by Gasteiger charge is -2.44. The number of nitrogens with zero attached hydrogens (tertiary/aromatic N) is 2. The van der Waals surface area contributed by atoms with E-state index in [9.17, 15) is 18.0 Å². The Labute approximate surface area is 192 Å². The third kappa shape index (κ3) is 6.06. The van der Waals surface area contributed by atoms with E-state index in [1.807, 2.05) is 14.1 Å². The number of hydrogen-bond acceptors (Lipinski definition) is 4. The Balaban J connectivity index is 0.000000383. The summed E-state index contributed by atoms with van der Waals surface area (Å²) >= 11 is 0. The summed E-state index contributed by atoms with van der Waals surface area (Å²) in [4.78, 5) is 25.7. The van der Waals surface area contributed by atoms with E-state index >= 15 is 0 Å². The molecule has 9 heteroatoms. The number of carboxylic acid groups (broad SMARTS) is 1. The standard InChI is InChI=1S/C22H32N2O2.C2HF3O2/c1-23(2)21(25)15-17-16-22(20-6-4-3-5-19(17)20)9-11-24(12-10-22)18-7-13-26-14-8-18;3-2(4,5)1(6)7/h3-6,17-18H,7-16H2,1-2H3;(H,6,7). The van der Waals surface area contributed by atoms with Crippen LogP contribution in [0.2, 0.25) is 0 Å². The van der Waals surface area contributed by atoms with Crippen molar-refractivity contribution >= 4 is 11.9 Å². The molecule has 2 heterocycles. The first-order valence-corrected chi connectivity index (χ1v) is 11.4. The number of aliphatic carboxylic acids is 1. The highest BCUT2D eigenvalue weighted by molar-refractivity contribution is 5.77. The maximum Gasteiger partial charge on any atom is 0.490 e. The van der Waals surface area contributed by atoms with E-state index in [2.05, 4.69) is 29.2 Å². The van der Waals surface area contributed by atoms with Gasteiger partial charge in [0, 0.05) is 39.8 Å². The minimum atomic E-state index is -5.08. The smallest absolute Gasteiger partial charge is 0.475 e. The lowest BCUT2D eigenvalue weighted by Crippen LogP contribution is -2.48. The molecule has 6 nitrogen and oxygen atoms in total. The zero-order chi connectivity index (χ0) is 24.2. The molecular weight excluding hydrogens is 437 g/mol. The van der Waals surface area contributed by atoms with E-state index in [0.717, 1.165) is 19.6 Å². The summed E-state index contributed by atoms with van der Waals surface area (Å²) in [6.07, 6.45) is 1.54. The van der Waals surface area contributed by atoms with Gasteiger partial charge in [-0.15, -0.1) is 0 Å². The van der Waals surface area contributed by atoms with E-state index in [1.165, 1.54) is 49.9 Å². The Bertz CT molecular complexity index is 829. The molecule has 1 atom stereocenters. The average Bonchev–Trinajstić information content (AvgIpc) is 3.07. The predicted octanol–water partition coefficient (Wildman–Crippen LogP) is 3.80. The van der Waals surface area contributed by atoms with E-state index in [0.29, 0.717) is 18.4 Å². The van der Waals surface area contributed by atoms with Crippen molar-refractivity contribution in [2.75, 3.05) is 40.4 Å². The normalized spacial score (nSPS) is 22.9. The van der Waals surface area contributed by atoms with Crippen LogP contribution >= 0.6 is 0 Å². The minimum Gasteiger partial charge on any atom is -0.475 e. The summed E-state index contributed by atoms with van der Waals surface area (Å²) in [6.45, 7) is 4.22. The maximum absolute atomic E-state index is 12.3. The lowest BCUT2D eigenvalue weighted by molar-refractivity contribution is -0.192. The second kappa shape index (κ2) is 10.4. The van der Waals surface area contributed by atoms with E-state index in [1.54, 1.807) is 4.90 Å². The number of fused-ring (bicyclic) bond motifs is 2. The average molecular weight is 471 g/mol. The Hall–Kier alpha value is -2.13. The van der Waals surface area contributed by atoms with E-state index in [-0.39, 0.29) is 11.3 Å². The second-order valence-corrected chi connectivity index (χ2v) is 9.44. The number of carbonyl (C=O) groups is 2. The summed E-state index contributed by atoms with van der Waals surface area (Å²) in [5.41, 5.74) is 3.25. The highest BCUT2D eigenvalue weighted by Crippen LogP contribution is 2.53. The number of alkyl halides is 3. The van der Waals surface area contributed by atoms with Crippen molar-refractivity contribution in [3.63, 3.8) is 0 Å². The first kappa shape index (κ1) is 25.5. The second-order valence-electron chi connectivity index (χ2n) is 9.44. The van der Waals surface area contributed by atoms with Crippen LogP contribution in [0.5, 0.6) is 0 Å². The van der Waals surface area contributed by atoms with E-state index in [4.69, 9.17) is 14.6 Å². The van der Waals surface area contributed by atoms with E-state index < -0.39 is 12.1 Å². The molecule has 1 aliphatic carbocycles. The van der Waals surface area contributed by atoms with Crippen LogP contribution in [0.25, 0.3) is 0 Å². The van der Waals surface area contributed by atoms with Gasteiger partial charge in [-0.1, -0.05) is 24.3 Å². The highest BCUT2D eigenvalue weighted by Gasteiger charge is 2.46. The van der Waals surface area contributed by atoms with Crippen LogP contribution in [0, 0.1) is 0 Å². The summed E-state index contributed by atoms with van der Waals surface area (Å²) in [7, 11) is 3.73. The molecule has 2 fully saturated rings. The van der Waals surface area contributed by atoms with Gasteiger partial charge in [0.15, 0.2) is 0 Å². The molecule has 1 spiro atoms. The quantitative estimate of drug-likeness (QED) is 0.728. The summed E-state index contributed by atoms with van der Waals surface area (Å²) in [5.74, 6) is -2.12. The molecule has 33 heavy (non-hydrogen) atoms. The predicted molar refractivity (Wildman–Crippen MR) is 117 cm³/mol. The molecule has 2 aliphatic heterocycles. The SMILES string of the molecule is CN(C)C(=O)CC1CC2(CCN(C3CCOCC3)CC2)c2ccccc21.O=C(O)C(F)(F)F. The fourth-order valence-corrected chi connectivity index (χ4v) is 5.44. The molecule has 0 aromatic heterocycles. The lowest BCUT2D eigenvalue weighted by atomic mass is 9.73. The fourth-order valence-electron chi connectivity index (χ4n) is 5.44. The topological polar surface area (TPSA) is 70.1 Å². The van der Waals surface area contributed by atoms with Crippen LogP contribution < -0.4 is 0 Å². The molecule has 2 saturated heterocycles. The van der Waals surface area contributed by atoms with Gasteiger partial charge in [0.2, 0.25) is 5.91 Å². The van der Waals surface area contributed by atoms with Gasteiger partial charge in [-0.3, -0.25) is 4.79 Å². The van der Waals surface area contributed by atoms with Crippen LogP contribution in [0.15, 0.2) is 24.3 Å². The monoisotopic (exact) mass is 470 g/mol. The number of halogens is 3. The molecule has 4 rings (SSSR count). The van der Waals surface area contributed by atoms with Gasteiger partial charge in [0.25, 0.3) is 0 Å². The zero-order valence-electron chi connectivity index (χ0n) is 19.2.